The molecule has 100 valence electrons. The molecular weight excluding hydrogens is 212 g/mol. The van der Waals surface area contributed by atoms with E-state index >= 15 is 0 Å². The monoisotopic (exact) mass is 240 g/mol. The van der Waals surface area contributed by atoms with Crippen LogP contribution in [0.25, 0.3) is 0 Å². The molecule has 1 aliphatic carbocycles. The van der Waals surface area contributed by atoms with Crippen molar-refractivity contribution in [2.24, 2.45) is 17.6 Å². The molecule has 0 bridgehead atoms. The molecule has 1 atom stereocenters. The van der Waals surface area contributed by atoms with Crippen LogP contribution in [0.5, 0.6) is 0 Å². The van der Waals surface area contributed by atoms with Gasteiger partial charge >= 0.3 is 0 Å². The summed E-state index contributed by atoms with van der Waals surface area (Å²) in [6.45, 7) is 3.74. The SMILES string of the molecule is CC(CN)CCC(=O)N(C)CC1CCCCC1. The maximum atomic E-state index is 11.9. The number of hydrogen-bond acceptors (Lipinski definition) is 2. The number of amides is 1. The molecule has 0 heterocycles. The molecule has 0 aliphatic heterocycles. The first-order chi connectivity index (χ1) is 8.13. The molecular formula is C14H28N2O. The zero-order chi connectivity index (χ0) is 12.7. The number of nitrogens with two attached hydrogens (primary N) is 1. The Kier molecular flexibility index (Phi) is 6.56. The summed E-state index contributed by atoms with van der Waals surface area (Å²) in [6, 6.07) is 0. The first kappa shape index (κ1) is 14.5. The molecule has 1 fully saturated rings. The van der Waals surface area contributed by atoms with E-state index in [9.17, 15) is 4.79 Å². The van der Waals surface area contributed by atoms with Gasteiger partial charge in [-0.2, -0.15) is 0 Å². The fraction of sp³-hybridized carbons (Fsp3) is 0.929. The van der Waals surface area contributed by atoms with Crippen molar-refractivity contribution in [2.45, 2.75) is 51.9 Å². The summed E-state index contributed by atoms with van der Waals surface area (Å²) in [5.74, 6) is 1.49. The molecule has 1 aliphatic rings. The summed E-state index contributed by atoms with van der Waals surface area (Å²) in [6.07, 6.45) is 8.25. The van der Waals surface area contributed by atoms with Gasteiger partial charge in [0, 0.05) is 20.0 Å². The Hall–Kier alpha value is -0.570. The number of carbonyl (C=O) groups excluding carboxylic acids is 1. The second-order valence-corrected chi connectivity index (χ2v) is 5.66. The van der Waals surface area contributed by atoms with Gasteiger partial charge in [-0.15, -0.1) is 0 Å². The van der Waals surface area contributed by atoms with Crippen molar-refractivity contribution in [1.82, 2.24) is 4.90 Å². The maximum absolute atomic E-state index is 11.9. The van der Waals surface area contributed by atoms with Gasteiger partial charge < -0.3 is 10.6 Å². The Morgan fingerprint density at radius 2 is 2.00 bits per heavy atom. The lowest BCUT2D eigenvalue weighted by Crippen LogP contribution is -2.32. The van der Waals surface area contributed by atoms with Crippen LogP contribution in [0.3, 0.4) is 0 Å². The van der Waals surface area contributed by atoms with Crippen LogP contribution < -0.4 is 5.73 Å². The van der Waals surface area contributed by atoms with Gasteiger partial charge in [0.1, 0.15) is 0 Å². The van der Waals surface area contributed by atoms with Crippen molar-refractivity contribution >= 4 is 5.91 Å². The van der Waals surface area contributed by atoms with Crippen molar-refractivity contribution < 1.29 is 4.79 Å². The molecule has 1 rings (SSSR count). The third kappa shape index (κ3) is 5.53. The highest BCUT2D eigenvalue weighted by Crippen LogP contribution is 2.24. The smallest absolute Gasteiger partial charge is 0.222 e. The molecule has 0 aromatic carbocycles. The van der Waals surface area contributed by atoms with Crippen LogP contribution in [0.15, 0.2) is 0 Å². The van der Waals surface area contributed by atoms with E-state index in [1.165, 1.54) is 32.1 Å². The fourth-order valence-corrected chi connectivity index (χ4v) is 2.54. The lowest BCUT2D eigenvalue weighted by Gasteiger charge is -2.27. The molecule has 17 heavy (non-hydrogen) atoms. The third-order valence-corrected chi connectivity index (χ3v) is 3.94. The minimum atomic E-state index is 0.288. The quantitative estimate of drug-likeness (QED) is 0.775. The molecule has 1 amide bonds. The molecule has 3 nitrogen and oxygen atoms in total. The second kappa shape index (κ2) is 7.70. The number of hydrogen-bond donors (Lipinski definition) is 1. The van der Waals surface area contributed by atoms with Crippen molar-refractivity contribution in [3.8, 4) is 0 Å². The number of rotatable bonds is 6. The topological polar surface area (TPSA) is 46.3 Å². The standard InChI is InChI=1S/C14H28N2O/c1-12(10-15)8-9-14(17)16(2)11-13-6-4-3-5-7-13/h12-13H,3-11,15H2,1-2H3. The Morgan fingerprint density at radius 1 is 1.35 bits per heavy atom. The molecule has 0 spiro atoms. The Balaban J connectivity index is 2.21. The summed E-state index contributed by atoms with van der Waals surface area (Å²) in [5, 5.41) is 0. The highest BCUT2D eigenvalue weighted by Gasteiger charge is 2.18. The van der Waals surface area contributed by atoms with Gasteiger partial charge in [-0.3, -0.25) is 4.79 Å². The van der Waals surface area contributed by atoms with Crippen molar-refractivity contribution in [1.29, 1.82) is 0 Å². The van der Waals surface area contributed by atoms with Crippen LogP contribution in [-0.2, 0) is 4.79 Å². The number of carbonyl (C=O) groups is 1. The molecule has 1 saturated carbocycles. The highest BCUT2D eigenvalue weighted by atomic mass is 16.2. The normalized spacial score (nSPS) is 19.0. The van der Waals surface area contributed by atoms with Crippen LogP contribution in [-0.4, -0.2) is 30.9 Å². The Morgan fingerprint density at radius 3 is 2.59 bits per heavy atom. The first-order valence-electron chi connectivity index (χ1n) is 7.07. The van der Waals surface area contributed by atoms with E-state index < -0.39 is 0 Å². The lowest BCUT2D eigenvalue weighted by molar-refractivity contribution is -0.130. The molecule has 1 unspecified atom stereocenters. The second-order valence-electron chi connectivity index (χ2n) is 5.66. The summed E-state index contributed by atoms with van der Waals surface area (Å²) in [4.78, 5) is 13.9. The Labute approximate surface area is 106 Å². The molecule has 0 aromatic heterocycles. The average molecular weight is 240 g/mol. The molecule has 3 heteroatoms. The van der Waals surface area contributed by atoms with Crippen LogP contribution >= 0.6 is 0 Å². The zero-order valence-corrected chi connectivity index (χ0v) is 11.5. The van der Waals surface area contributed by atoms with Gasteiger partial charge in [-0.05, 0) is 37.6 Å². The van der Waals surface area contributed by atoms with Crippen LogP contribution in [0, 0.1) is 11.8 Å². The van der Waals surface area contributed by atoms with Crippen LogP contribution in [0.2, 0.25) is 0 Å². The lowest BCUT2D eigenvalue weighted by atomic mass is 9.89. The van der Waals surface area contributed by atoms with Crippen molar-refractivity contribution in [3.63, 3.8) is 0 Å². The molecule has 0 aromatic rings. The van der Waals surface area contributed by atoms with Crippen molar-refractivity contribution in [2.75, 3.05) is 20.1 Å². The van der Waals surface area contributed by atoms with Crippen LogP contribution in [0.1, 0.15) is 51.9 Å². The van der Waals surface area contributed by atoms with E-state index in [0.29, 0.717) is 18.9 Å². The predicted molar refractivity (Wildman–Crippen MR) is 71.7 cm³/mol. The van der Waals surface area contributed by atoms with Crippen LogP contribution in [0.4, 0.5) is 0 Å². The van der Waals surface area contributed by atoms with Gasteiger partial charge in [-0.1, -0.05) is 26.2 Å². The molecule has 0 radical (unpaired) electrons. The zero-order valence-electron chi connectivity index (χ0n) is 11.5. The van der Waals surface area contributed by atoms with Gasteiger partial charge in [0.2, 0.25) is 5.91 Å². The first-order valence-corrected chi connectivity index (χ1v) is 7.07. The van der Waals surface area contributed by atoms with Gasteiger partial charge in [0.05, 0.1) is 0 Å². The van der Waals surface area contributed by atoms with E-state index in [-0.39, 0.29) is 5.91 Å². The number of nitrogens with zero attached hydrogens (tertiary/aromatic N) is 1. The summed E-state index contributed by atoms with van der Waals surface area (Å²) < 4.78 is 0. The summed E-state index contributed by atoms with van der Waals surface area (Å²) in [7, 11) is 1.95. The Bertz CT molecular complexity index is 224. The molecule has 0 saturated heterocycles. The average Bonchev–Trinajstić information content (AvgIpc) is 2.36. The predicted octanol–water partition coefficient (Wildman–Crippen LogP) is 2.40. The highest BCUT2D eigenvalue weighted by molar-refractivity contribution is 5.75. The van der Waals surface area contributed by atoms with Crippen molar-refractivity contribution in [3.05, 3.63) is 0 Å². The molecule has 2 N–H and O–H groups in total. The minimum absolute atomic E-state index is 0.288. The van der Waals surface area contributed by atoms with E-state index in [2.05, 4.69) is 6.92 Å². The minimum Gasteiger partial charge on any atom is -0.345 e. The van der Waals surface area contributed by atoms with Gasteiger partial charge in [0.25, 0.3) is 0 Å². The fourth-order valence-electron chi connectivity index (χ4n) is 2.54. The van der Waals surface area contributed by atoms with Gasteiger partial charge in [-0.25, -0.2) is 0 Å². The van der Waals surface area contributed by atoms with E-state index in [4.69, 9.17) is 5.73 Å². The van der Waals surface area contributed by atoms with E-state index in [1.54, 1.807) is 0 Å². The van der Waals surface area contributed by atoms with E-state index in [0.717, 1.165) is 18.9 Å². The third-order valence-electron chi connectivity index (χ3n) is 3.94. The maximum Gasteiger partial charge on any atom is 0.222 e. The summed E-state index contributed by atoms with van der Waals surface area (Å²) in [5.41, 5.74) is 5.56. The largest absolute Gasteiger partial charge is 0.345 e. The van der Waals surface area contributed by atoms with Gasteiger partial charge in [0.15, 0.2) is 0 Å². The van der Waals surface area contributed by atoms with E-state index in [1.807, 2.05) is 11.9 Å². The summed E-state index contributed by atoms with van der Waals surface area (Å²) >= 11 is 0.